The quantitative estimate of drug-likeness (QED) is 0.538. The highest BCUT2D eigenvalue weighted by molar-refractivity contribution is 5.14. The average molecular weight is 368 g/mol. The molecule has 148 valence electrons. The van der Waals surface area contributed by atoms with Gasteiger partial charge in [0, 0.05) is 18.8 Å². The fraction of sp³-hybridized carbons (Fsp3) is 0.800. The van der Waals surface area contributed by atoms with Crippen LogP contribution in [0.25, 0.3) is 0 Å². The molecule has 8 atom stereocenters. The van der Waals surface area contributed by atoms with Crippen molar-refractivity contribution in [1.29, 1.82) is 0 Å². The zero-order chi connectivity index (χ0) is 19.1. The summed E-state index contributed by atoms with van der Waals surface area (Å²) in [5.41, 5.74) is -0.281. The van der Waals surface area contributed by atoms with Crippen molar-refractivity contribution in [3.63, 3.8) is 0 Å². The van der Waals surface area contributed by atoms with Crippen LogP contribution in [-0.2, 0) is 0 Å². The molecule has 0 bridgehead atoms. The third kappa shape index (κ3) is 3.02. The molecule has 0 aromatic carbocycles. The molecule has 0 amide bonds. The molecular formula is C20H32O6. The molecule has 0 saturated heterocycles. The summed E-state index contributed by atoms with van der Waals surface area (Å²) in [5.74, 6) is -0.541. The highest BCUT2D eigenvalue weighted by atomic mass is 16.3. The van der Waals surface area contributed by atoms with E-state index in [0.717, 1.165) is 12.8 Å². The Morgan fingerprint density at radius 1 is 1.19 bits per heavy atom. The van der Waals surface area contributed by atoms with Gasteiger partial charge in [0.2, 0.25) is 0 Å². The second-order valence-electron chi connectivity index (χ2n) is 8.86. The molecule has 1 aromatic rings. The molecule has 2 aliphatic carbocycles. The van der Waals surface area contributed by atoms with E-state index in [2.05, 4.69) is 6.92 Å². The maximum atomic E-state index is 10.9. The standard InChI is InChI=1S/C20H32O6/c1-19-5-3-13(9-21)20(2,8-16(24)12-4-6-26-11-12)18(19)17(25)15(23)7-14(19)10-22/h4,6,11,13-18,21-25H,3,5,7-10H2,1-2H3/t13-,14-,15-,16-,17?,18?,19-,20-/m0/s1. The zero-order valence-corrected chi connectivity index (χ0v) is 15.6. The summed E-state index contributed by atoms with van der Waals surface area (Å²) in [7, 11) is 0. The van der Waals surface area contributed by atoms with Gasteiger partial charge in [-0.3, -0.25) is 0 Å². The van der Waals surface area contributed by atoms with Crippen molar-refractivity contribution in [2.24, 2.45) is 28.6 Å². The highest BCUT2D eigenvalue weighted by Gasteiger charge is 2.62. The van der Waals surface area contributed by atoms with Crippen LogP contribution in [0, 0.1) is 28.6 Å². The van der Waals surface area contributed by atoms with Gasteiger partial charge >= 0.3 is 0 Å². The molecule has 2 aliphatic rings. The normalized spacial score (nSPS) is 44.5. The van der Waals surface area contributed by atoms with Gasteiger partial charge in [-0.1, -0.05) is 13.8 Å². The number of fused-ring (bicyclic) bond motifs is 1. The van der Waals surface area contributed by atoms with E-state index >= 15 is 0 Å². The van der Waals surface area contributed by atoms with Crippen LogP contribution >= 0.6 is 0 Å². The maximum Gasteiger partial charge on any atom is 0.0960 e. The summed E-state index contributed by atoms with van der Waals surface area (Å²) in [6.45, 7) is 3.99. The van der Waals surface area contributed by atoms with Crippen molar-refractivity contribution in [2.45, 2.75) is 57.8 Å². The molecule has 1 heterocycles. The van der Waals surface area contributed by atoms with Gasteiger partial charge in [0.15, 0.2) is 0 Å². The third-order valence-corrected chi connectivity index (χ3v) is 7.58. The van der Waals surface area contributed by atoms with Crippen molar-refractivity contribution in [3.05, 3.63) is 24.2 Å². The minimum atomic E-state index is -0.946. The van der Waals surface area contributed by atoms with Gasteiger partial charge in [0.05, 0.1) is 30.8 Å². The first-order valence-corrected chi connectivity index (χ1v) is 9.56. The summed E-state index contributed by atoms with van der Waals surface area (Å²) in [4.78, 5) is 0. The Hall–Kier alpha value is -0.920. The Morgan fingerprint density at radius 2 is 1.88 bits per heavy atom. The summed E-state index contributed by atoms with van der Waals surface area (Å²) in [5, 5.41) is 52.1. The highest BCUT2D eigenvalue weighted by Crippen LogP contribution is 2.63. The lowest BCUT2D eigenvalue weighted by molar-refractivity contribution is -0.220. The Labute approximate surface area is 154 Å². The molecule has 2 unspecified atom stereocenters. The van der Waals surface area contributed by atoms with E-state index in [0.29, 0.717) is 18.4 Å². The van der Waals surface area contributed by atoms with E-state index in [1.807, 2.05) is 6.92 Å². The molecule has 1 aromatic heterocycles. The van der Waals surface area contributed by atoms with E-state index < -0.39 is 23.7 Å². The minimum Gasteiger partial charge on any atom is -0.472 e. The summed E-state index contributed by atoms with van der Waals surface area (Å²) in [6.07, 6.45) is 2.63. The summed E-state index contributed by atoms with van der Waals surface area (Å²) < 4.78 is 5.08. The van der Waals surface area contributed by atoms with Crippen molar-refractivity contribution < 1.29 is 29.9 Å². The number of hydrogen-bond donors (Lipinski definition) is 5. The van der Waals surface area contributed by atoms with E-state index in [9.17, 15) is 25.5 Å². The zero-order valence-electron chi connectivity index (χ0n) is 15.6. The third-order valence-electron chi connectivity index (χ3n) is 7.58. The molecule has 0 aliphatic heterocycles. The number of aliphatic hydroxyl groups is 5. The fourth-order valence-corrected chi connectivity index (χ4v) is 6.01. The maximum absolute atomic E-state index is 10.9. The van der Waals surface area contributed by atoms with E-state index in [1.165, 1.54) is 12.5 Å². The lowest BCUT2D eigenvalue weighted by atomic mass is 9.43. The van der Waals surface area contributed by atoms with Crippen LogP contribution in [0.4, 0.5) is 0 Å². The van der Waals surface area contributed by atoms with Gasteiger partial charge in [-0.2, -0.15) is 0 Å². The van der Waals surface area contributed by atoms with Crippen LogP contribution < -0.4 is 0 Å². The largest absolute Gasteiger partial charge is 0.472 e. The van der Waals surface area contributed by atoms with Crippen molar-refractivity contribution >= 4 is 0 Å². The molecule has 26 heavy (non-hydrogen) atoms. The first-order valence-electron chi connectivity index (χ1n) is 9.56. The van der Waals surface area contributed by atoms with E-state index in [4.69, 9.17) is 4.42 Å². The average Bonchev–Trinajstić information content (AvgIpc) is 3.13. The van der Waals surface area contributed by atoms with Crippen LogP contribution in [0.15, 0.2) is 23.0 Å². The number of hydrogen-bond acceptors (Lipinski definition) is 6. The van der Waals surface area contributed by atoms with E-state index in [1.54, 1.807) is 6.07 Å². The van der Waals surface area contributed by atoms with Gasteiger partial charge in [0.25, 0.3) is 0 Å². The van der Waals surface area contributed by atoms with Crippen molar-refractivity contribution in [1.82, 2.24) is 0 Å². The van der Waals surface area contributed by atoms with Crippen LogP contribution in [0.1, 0.15) is 51.2 Å². The molecule has 2 saturated carbocycles. The Bertz CT molecular complexity index is 589. The van der Waals surface area contributed by atoms with Crippen molar-refractivity contribution in [3.8, 4) is 0 Å². The molecule has 0 radical (unpaired) electrons. The first-order chi connectivity index (χ1) is 12.3. The predicted molar refractivity (Wildman–Crippen MR) is 95.0 cm³/mol. The molecule has 2 fully saturated rings. The molecule has 0 spiro atoms. The molecule has 5 N–H and O–H groups in total. The smallest absolute Gasteiger partial charge is 0.0960 e. The summed E-state index contributed by atoms with van der Waals surface area (Å²) >= 11 is 0. The van der Waals surface area contributed by atoms with Crippen LogP contribution in [0.3, 0.4) is 0 Å². The van der Waals surface area contributed by atoms with Gasteiger partial charge in [-0.25, -0.2) is 0 Å². The monoisotopic (exact) mass is 368 g/mol. The Kier molecular flexibility index (Phi) is 5.53. The number of rotatable bonds is 5. The van der Waals surface area contributed by atoms with Crippen LogP contribution in [0.5, 0.6) is 0 Å². The molecule has 6 nitrogen and oxygen atoms in total. The molecule has 6 heteroatoms. The molecular weight excluding hydrogens is 336 g/mol. The number of aliphatic hydroxyl groups excluding tert-OH is 5. The van der Waals surface area contributed by atoms with Crippen LogP contribution in [-0.4, -0.2) is 51.0 Å². The van der Waals surface area contributed by atoms with Gasteiger partial charge < -0.3 is 29.9 Å². The fourth-order valence-electron chi connectivity index (χ4n) is 6.01. The Balaban J connectivity index is 2.00. The number of furan rings is 1. The predicted octanol–water partition coefficient (Wildman–Crippen LogP) is 1.47. The second kappa shape index (κ2) is 7.24. The SMILES string of the molecule is C[C@@]12CC[C@@H](CO)[C@](C)(C[C@H](O)c3ccoc3)C1C(O)[C@@H](O)C[C@H]2CO. The minimum absolute atomic E-state index is 0.0339. The molecule has 3 rings (SSSR count). The van der Waals surface area contributed by atoms with Gasteiger partial charge in [0.1, 0.15) is 0 Å². The van der Waals surface area contributed by atoms with Crippen LogP contribution in [0.2, 0.25) is 0 Å². The van der Waals surface area contributed by atoms with Gasteiger partial charge in [-0.05, 0) is 60.3 Å². The second-order valence-corrected chi connectivity index (χ2v) is 8.86. The lowest BCUT2D eigenvalue weighted by Crippen LogP contribution is -2.63. The lowest BCUT2D eigenvalue weighted by Gasteiger charge is -2.63. The topological polar surface area (TPSA) is 114 Å². The van der Waals surface area contributed by atoms with E-state index in [-0.39, 0.29) is 36.4 Å². The summed E-state index contributed by atoms with van der Waals surface area (Å²) in [6, 6.07) is 1.71. The van der Waals surface area contributed by atoms with Gasteiger partial charge in [-0.15, -0.1) is 0 Å². The Morgan fingerprint density at radius 3 is 2.46 bits per heavy atom. The first kappa shape index (κ1) is 19.8. The van der Waals surface area contributed by atoms with Crippen molar-refractivity contribution in [2.75, 3.05) is 13.2 Å².